The lowest BCUT2D eigenvalue weighted by atomic mass is 9.94. The summed E-state index contributed by atoms with van der Waals surface area (Å²) in [5, 5.41) is 7.24. The van der Waals surface area contributed by atoms with E-state index in [9.17, 15) is 4.79 Å². The van der Waals surface area contributed by atoms with Gasteiger partial charge in [0.05, 0.1) is 12.6 Å². The zero-order valence-electron chi connectivity index (χ0n) is 11.4. The standard InChI is InChI=1S/C13H21N3OS.ClH/c1-3-10-7-15-12(18-10)8-16-13(17)11-6-9(2)4-5-14-11;/h7,9,11,14H,3-6,8H2,1-2H3,(H,16,17);1H. The van der Waals surface area contributed by atoms with E-state index >= 15 is 0 Å². The van der Waals surface area contributed by atoms with Gasteiger partial charge in [-0.1, -0.05) is 13.8 Å². The van der Waals surface area contributed by atoms with Crippen LogP contribution in [0.5, 0.6) is 0 Å². The van der Waals surface area contributed by atoms with Gasteiger partial charge in [-0.15, -0.1) is 23.7 Å². The summed E-state index contributed by atoms with van der Waals surface area (Å²) in [6.07, 6.45) is 5.00. The zero-order valence-corrected chi connectivity index (χ0v) is 13.1. The molecule has 1 aromatic rings. The average Bonchev–Trinajstić information content (AvgIpc) is 2.84. The number of nitrogens with zero attached hydrogens (tertiary/aromatic N) is 1. The fourth-order valence-corrected chi connectivity index (χ4v) is 2.99. The van der Waals surface area contributed by atoms with Crippen molar-refractivity contribution in [2.75, 3.05) is 6.54 Å². The first kappa shape index (κ1) is 16.4. The summed E-state index contributed by atoms with van der Waals surface area (Å²) in [6, 6.07) is -0.0284. The Hall–Kier alpha value is -0.650. The largest absolute Gasteiger partial charge is 0.348 e. The molecule has 108 valence electrons. The number of aryl methyl sites for hydroxylation is 1. The van der Waals surface area contributed by atoms with Crippen molar-refractivity contribution in [3.05, 3.63) is 16.1 Å². The highest BCUT2D eigenvalue weighted by atomic mass is 35.5. The van der Waals surface area contributed by atoms with E-state index in [-0.39, 0.29) is 24.4 Å². The molecule has 0 bridgehead atoms. The third-order valence-corrected chi connectivity index (χ3v) is 4.49. The van der Waals surface area contributed by atoms with Crippen LogP contribution in [-0.2, 0) is 17.8 Å². The molecule has 2 unspecified atom stereocenters. The van der Waals surface area contributed by atoms with Crippen molar-refractivity contribution in [1.82, 2.24) is 15.6 Å². The van der Waals surface area contributed by atoms with E-state index in [2.05, 4.69) is 29.5 Å². The summed E-state index contributed by atoms with van der Waals surface area (Å²) in [4.78, 5) is 17.6. The maximum atomic E-state index is 12.0. The van der Waals surface area contributed by atoms with E-state index in [0.29, 0.717) is 12.5 Å². The van der Waals surface area contributed by atoms with Crippen molar-refractivity contribution >= 4 is 29.7 Å². The molecule has 2 heterocycles. The lowest BCUT2D eigenvalue weighted by Crippen LogP contribution is -2.48. The molecule has 1 saturated heterocycles. The molecule has 1 aromatic heterocycles. The van der Waals surface area contributed by atoms with Gasteiger partial charge in [0.2, 0.25) is 5.91 Å². The maximum absolute atomic E-state index is 12.0. The quantitative estimate of drug-likeness (QED) is 0.896. The highest BCUT2D eigenvalue weighted by Crippen LogP contribution is 2.16. The Morgan fingerprint density at radius 1 is 1.63 bits per heavy atom. The number of nitrogens with one attached hydrogen (secondary N) is 2. The van der Waals surface area contributed by atoms with Crippen molar-refractivity contribution in [2.45, 2.75) is 45.7 Å². The molecule has 2 atom stereocenters. The van der Waals surface area contributed by atoms with Crippen LogP contribution < -0.4 is 10.6 Å². The Bertz CT molecular complexity index is 410. The van der Waals surface area contributed by atoms with Crippen LogP contribution in [0.25, 0.3) is 0 Å². The summed E-state index contributed by atoms with van der Waals surface area (Å²) in [5.41, 5.74) is 0. The molecule has 2 rings (SSSR count). The summed E-state index contributed by atoms with van der Waals surface area (Å²) in [7, 11) is 0. The van der Waals surface area contributed by atoms with Gasteiger partial charge in [0.25, 0.3) is 0 Å². The fourth-order valence-electron chi connectivity index (χ4n) is 2.19. The second-order valence-corrected chi connectivity index (χ2v) is 6.13. The molecule has 19 heavy (non-hydrogen) atoms. The number of rotatable bonds is 4. The number of amides is 1. The van der Waals surface area contributed by atoms with Crippen molar-refractivity contribution in [2.24, 2.45) is 5.92 Å². The fraction of sp³-hybridized carbons (Fsp3) is 0.692. The molecule has 0 aliphatic carbocycles. The van der Waals surface area contributed by atoms with Crippen LogP contribution in [0.2, 0.25) is 0 Å². The minimum Gasteiger partial charge on any atom is -0.348 e. The summed E-state index contributed by atoms with van der Waals surface area (Å²) in [6.45, 7) is 5.81. The molecule has 4 nitrogen and oxygen atoms in total. The second-order valence-electron chi connectivity index (χ2n) is 4.93. The van der Waals surface area contributed by atoms with Crippen LogP contribution >= 0.6 is 23.7 Å². The van der Waals surface area contributed by atoms with Gasteiger partial charge in [-0.25, -0.2) is 4.98 Å². The molecule has 1 aliphatic heterocycles. The number of carbonyl (C=O) groups is 1. The van der Waals surface area contributed by atoms with E-state index in [1.807, 2.05) is 6.20 Å². The molecular formula is C13H22ClN3OS. The Kier molecular flexibility index (Phi) is 6.75. The summed E-state index contributed by atoms with van der Waals surface area (Å²) < 4.78 is 0. The highest BCUT2D eigenvalue weighted by molar-refractivity contribution is 7.11. The number of thiazole rings is 1. The van der Waals surface area contributed by atoms with Gasteiger partial charge >= 0.3 is 0 Å². The van der Waals surface area contributed by atoms with Crippen LogP contribution in [0, 0.1) is 5.92 Å². The summed E-state index contributed by atoms with van der Waals surface area (Å²) in [5.74, 6) is 0.739. The summed E-state index contributed by atoms with van der Waals surface area (Å²) >= 11 is 1.68. The first-order valence-corrected chi connectivity index (χ1v) is 7.45. The lowest BCUT2D eigenvalue weighted by molar-refractivity contribution is -0.124. The molecule has 6 heteroatoms. The van der Waals surface area contributed by atoms with E-state index in [0.717, 1.165) is 30.8 Å². The second kappa shape index (κ2) is 7.82. The van der Waals surface area contributed by atoms with Crippen LogP contribution in [0.4, 0.5) is 0 Å². The predicted octanol–water partition coefficient (Wildman–Crippen LogP) is 2.13. The van der Waals surface area contributed by atoms with E-state index in [4.69, 9.17) is 0 Å². The van der Waals surface area contributed by atoms with E-state index in [1.54, 1.807) is 11.3 Å². The Morgan fingerprint density at radius 3 is 3.05 bits per heavy atom. The van der Waals surface area contributed by atoms with Gasteiger partial charge in [0.1, 0.15) is 5.01 Å². The number of carbonyl (C=O) groups excluding carboxylic acids is 1. The Morgan fingerprint density at radius 2 is 2.42 bits per heavy atom. The van der Waals surface area contributed by atoms with E-state index in [1.165, 1.54) is 4.88 Å². The van der Waals surface area contributed by atoms with Crippen LogP contribution in [-0.4, -0.2) is 23.5 Å². The van der Waals surface area contributed by atoms with Crippen molar-refractivity contribution in [3.63, 3.8) is 0 Å². The number of hydrogen-bond acceptors (Lipinski definition) is 4. The topological polar surface area (TPSA) is 54.0 Å². The van der Waals surface area contributed by atoms with Gasteiger partial charge in [0, 0.05) is 11.1 Å². The van der Waals surface area contributed by atoms with Crippen molar-refractivity contribution in [3.8, 4) is 0 Å². The smallest absolute Gasteiger partial charge is 0.237 e. The molecule has 0 radical (unpaired) electrons. The Balaban J connectivity index is 0.00000180. The predicted molar refractivity (Wildman–Crippen MR) is 80.8 cm³/mol. The van der Waals surface area contributed by atoms with Crippen LogP contribution in [0.15, 0.2) is 6.20 Å². The number of halogens is 1. The SMILES string of the molecule is CCc1cnc(CNC(=O)C2CC(C)CCN2)s1.Cl. The maximum Gasteiger partial charge on any atom is 0.237 e. The molecular weight excluding hydrogens is 282 g/mol. The first-order chi connectivity index (χ1) is 8.69. The van der Waals surface area contributed by atoms with Gasteiger partial charge in [-0.2, -0.15) is 0 Å². The molecule has 1 amide bonds. The zero-order chi connectivity index (χ0) is 13.0. The van der Waals surface area contributed by atoms with Gasteiger partial charge in [-0.3, -0.25) is 4.79 Å². The van der Waals surface area contributed by atoms with E-state index < -0.39 is 0 Å². The molecule has 2 N–H and O–H groups in total. The lowest BCUT2D eigenvalue weighted by Gasteiger charge is -2.27. The van der Waals surface area contributed by atoms with Gasteiger partial charge < -0.3 is 10.6 Å². The number of aromatic nitrogens is 1. The number of piperidine rings is 1. The third kappa shape index (κ3) is 4.75. The normalized spacial score (nSPS) is 22.6. The third-order valence-electron chi connectivity index (χ3n) is 3.35. The minimum atomic E-state index is -0.0284. The molecule has 1 aliphatic rings. The highest BCUT2D eigenvalue weighted by Gasteiger charge is 2.24. The van der Waals surface area contributed by atoms with Crippen molar-refractivity contribution in [1.29, 1.82) is 0 Å². The van der Waals surface area contributed by atoms with Gasteiger partial charge in [-0.05, 0) is 31.7 Å². The molecule has 1 fully saturated rings. The van der Waals surface area contributed by atoms with Gasteiger partial charge in [0.15, 0.2) is 0 Å². The molecule has 0 spiro atoms. The number of hydrogen-bond donors (Lipinski definition) is 2. The molecule has 0 aromatic carbocycles. The monoisotopic (exact) mass is 303 g/mol. The molecule has 0 saturated carbocycles. The average molecular weight is 304 g/mol. The first-order valence-electron chi connectivity index (χ1n) is 6.63. The van der Waals surface area contributed by atoms with Crippen LogP contribution in [0.3, 0.4) is 0 Å². The Labute approximate surface area is 124 Å². The minimum absolute atomic E-state index is 0. The van der Waals surface area contributed by atoms with Crippen LogP contribution in [0.1, 0.15) is 36.6 Å². The van der Waals surface area contributed by atoms with Crippen molar-refractivity contribution < 1.29 is 4.79 Å².